The SMILES string of the molecule is CCN(C)CC1OCC(c2ccccc2)c2ccsc21. The molecule has 20 heavy (non-hydrogen) atoms. The molecular formula is C17H21NOS. The van der Waals surface area contributed by atoms with Crippen molar-refractivity contribution in [3.8, 4) is 0 Å². The third-order valence-corrected chi connectivity index (χ3v) is 5.10. The van der Waals surface area contributed by atoms with E-state index in [4.69, 9.17) is 4.74 Å². The Labute approximate surface area is 125 Å². The highest BCUT2D eigenvalue weighted by Gasteiger charge is 2.30. The summed E-state index contributed by atoms with van der Waals surface area (Å²) < 4.78 is 6.17. The van der Waals surface area contributed by atoms with E-state index in [0.29, 0.717) is 5.92 Å². The maximum Gasteiger partial charge on any atom is 0.105 e. The first-order chi connectivity index (χ1) is 9.79. The Morgan fingerprint density at radius 3 is 2.80 bits per heavy atom. The Hall–Kier alpha value is -1.16. The fraction of sp³-hybridized carbons (Fsp3) is 0.412. The van der Waals surface area contributed by atoms with Gasteiger partial charge in [0.1, 0.15) is 6.10 Å². The zero-order valence-corrected chi connectivity index (χ0v) is 12.9. The molecule has 0 fully saturated rings. The number of hydrogen-bond acceptors (Lipinski definition) is 3. The number of fused-ring (bicyclic) bond motifs is 1. The molecule has 1 aromatic heterocycles. The van der Waals surface area contributed by atoms with Crippen LogP contribution in [0, 0.1) is 0 Å². The third kappa shape index (κ3) is 2.66. The van der Waals surface area contributed by atoms with E-state index in [0.717, 1.165) is 19.7 Å². The highest BCUT2D eigenvalue weighted by Crippen LogP contribution is 2.40. The van der Waals surface area contributed by atoms with E-state index in [9.17, 15) is 0 Å². The van der Waals surface area contributed by atoms with Crippen molar-refractivity contribution in [2.24, 2.45) is 0 Å². The van der Waals surface area contributed by atoms with Gasteiger partial charge in [0.2, 0.25) is 0 Å². The third-order valence-electron chi connectivity index (χ3n) is 4.08. The first-order valence-corrected chi connectivity index (χ1v) is 8.10. The molecule has 0 bridgehead atoms. The second-order valence-electron chi connectivity index (χ2n) is 5.38. The molecule has 0 aliphatic carbocycles. The zero-order chi connectivity index (χ0) is 13.9. The number of ether oxygens (including phenoxy) is 1. The maximum absolute atomic E-state index is 6.17. The molecule has 2 aromatic rings. The summed E-state index contributed by atoms with van der Waals surface area (Å²) in [7, 11) is 2.15. The van der Waals surface area contributed by atoms with E-state index < -0.39 is 0 Å². The smallest absolute Gasteiger partial charge is 0.105 e. The molecular weight excluding hydrogens is 266 g/mol. The molecule has 106 valence electrons. The van der Waals surface area contributed by atoms with Gasteiger partial charge in [0, 0.05) is 17.3 Å². The van der Waals surface area contributed by atoms with Gasteiger partial charge in [0.25, 0.3) is 0 Å². The molecule has 1 aromatic carbocycles. The Morgan fingerprint density at radius 1 is 1.25 bits per heavy atom. The molecule has 2 heterocycles. The quantitative estimate of drug-likeness (QED) is 0.845. The van der Waals surface area contributed by atoms with Crippen molar-refractivity contribution in [1.29, 1.82) is 0 Å². The molecule has 0 amide bonds. The van der Waals surface area contributed by atoms with Gasteiger partial charge < -0.3 is 9.64 Å². The molecule has 2 atom stereocenters. The lowest BCUT2D eigenvalue weighted by atomic mass is 9.89. The first-order valence-electron chi connectivity index (χ1n) is 7.22. The standard InChI is InChI=1S/C17H21NOS/c1-3-18(2)11-16-17-14(9-10-20-17)15(12-19-16)13-7-5-4-6-8-13/h4-10,15-16H,3,11-12H2,1-2H3. The molecule has 3 rings (SSSR count). The normalized spacial score (nSPS) is 21.9. The predicted octanol–water partition coefficient (Wildman–Crippen LogP) is 3.90. The predicted molar refractivity (Wildman–Crippen MR) is 84.5 cm³/mol. The summed E-state index contributed by atoms with van der Waals surface area (Å²) in [6.45, 7) is 5.01. The second-order valence-corrected chi connectivity index (χ2v) is 6.33. The Bertz CT molecular complexity index is 551. The van der Waals surface area contributed by atoms with E-state index in [1.165, 1.54) is 16.0 Å². The van der Waals surface area contributed by atoms with Crippen molar-refractivity contribution in [2.75, 3.05) is 26.7 Å². The highest BCUT2D eigenvalue weighted by atomic mass is 32.1. The molecule has 2 unspecified atom stereocenters. The lowest BCUT2D eigenvalue weighted by Crippen LogP contribution is -2.30. The Kier molecular flexibility index (Phi) is 4.20. The molecule has 2 nitrogen and oxygen atoms in total. The minimum Gasteiger partial charge on any atom is -0.370 e. The van der Waals surface area contributed by atoms with Gasteiger partial charge in [-0.25, -0.2) is 0 Å². The first kappa shape index (κ1) is 13.8. The molecule has 0 N–H and O–H groups in total. The maximum atomic E-state index is 6.17. The lowest BCUT2D eigenvalue weighted by Gasteiger charge is -2.31. The number of thiophene rings is 1. The van der Waals surface area contributed by atoms with Gasteiger partial charge >= 0.3 is 0 Å². The van der Waals surface area contributed by atoms with Gasteiger partial charge in [-0.3, -0.25) is 0 Å². The van der Waals surface area contributed by atoms with Crippen molar-refractivity contribution in [3.05, 3.63) is 57.8 Å². The lowest BCUT2D eigenvalue weighted by molar-refractivity contribution is 0.0175. The van der Waals surface area contributed by atoms with E-state index in [2.05, 4.69) is 60.6 Å². The summed E-state index contributed by atoms with van der Waals surface area (Å²) in [4.78, 5) is 3.72. The fourth-order valence-corrected chi connectivity index (χ4v) is 3.77. The minimum absolute atomic E-state index is 0.231. The van der Waals surface area contributed by atoms with Gasteiger partial charge in [0.15, 0.2) is 0 Å². The van der Waals surface area contributed by atoms with Crippen molar-refractivity contribution >= 4 is 11.3 Å². The van der Waals surface area contributed by atoms with Crippen LogP contribution >= 0.6 is 11.3 Å². The monoisotopic (exact) mass is 287 g/mol. The number of rotatable bonds is 4. The van der Waals surface area contributed by atoms with Crippen molar-refractivity contribution in [3.63, 3.8) is 0 Å². The number of benzene rings is 1. The van der Waals surface area contributed by atoms with Crippen LogP contribution in [0.15, 0.2) is 41.8 Å². The molecule has 0 saturated carbocycles. The van der Waals surface area contributed by atoms with Gasteiger partial charge in [-0.15, -0.1) is 11.3 Å². The van der Waals surface area contributed by atoms with Crippen LogP contribution in [0.2, 0.25) is 0 Å². The summed E-state index contributed by atoms with van der Waals surface area (Å²) in [5, 5.41) is 2.20. The molecule has 3 heteroatoms. The Balaban J connectivity index is 1.87. The van der Waals surface area contributed by atoms with Crippen LogP contribution in [0.1, 0.15) is 34.9 Å². The zero-order valence-electron chi connectivity index (χ0n) is 12.1. The average Bonchev–Trinajstić information content (AvgIpc) is 2.98. The van der Waals surface area contributed by atoms with Crippen LogP contribution in [0.25, 0.3) is 0 Å². The largest absolute Gasteiger partial charge is 0.370 e. The minimum atomic E-state index is 0.231. The summed E-state index contributed by atoms with van der Waals surface area (Å²) >= 11 is 1.83. The van der Waals surface area contributed by atoms with E-state index in [-0.39, 0.29) is 6.10 Å². The molecule has 1 aliphatic heterocycles. The number of likely N-dealkylation sites (N-methyl/N-ethyl adjacent to an activating group) is 1. The van der Waals surface area contributed by atoms with Crippen LogP contribution < -0.4 is 0 Å². The summed E-state index contributed by atoms with van der Waals surface area (Å²) in [5.74, 6) is 0.389. The summed E-state index contributed by atoms with van der Waals surface area (Å²) in [5.41, 5.74) is 2.82. The summed E-state index contributed by atoms with van der Waals surface area (Å²) in [6.07, 6.45) is 0.231. The van der Waals surface area contributed by atoms with Gasteiger partial charge in [-0.1, -0.05) is 37.3 Å². The van der Waals surface area contributed by atoms with E-state index in [1.54, 1.807) is 0 Å². The fourth-order valence-electron chi connectivity index (χ4n) is 2.77. The number of hydrogen-bond donors (Lipinski definition) is 0. The summed E-state index contributed by atoms with van der Waals surface area (Å²) in [6, 6.07) is 13.0. The second kappa shape index (κ2) is 6.08. The van der Waals surface area contributed by atoms with Crippen LogP contribution in [0.5, 0.6) is 0 Å². The van der Waals surface area contributed by atoms with Crippen LogP contribution in [0.3, 0.4) is 0 Å². The topological polar surface area (TPSA) is 12.5 Å². The van der Waals surface area contributed by atoms with E-state index in [1.807, 2.05) is 11.3 Å². The van der Waals surface area contributed by atoms with Crippen molar-refractivity contribution < 1.29 is 4.74 Å². The van der Waals surface area contributed by atoms with Crippen molar-refractivity contribution in [1.82, 2.24) is 4.90 Å². The molecule has 0 radical (unpaired) electrons. The van der Waals surface area contributed by atoms with Gasteiger partial charge in [0.05, 0.1) is 6.61 Å². The number of nitrogens with zero attached hydrogens (tertiary/aromatic N) is 1. The molecule has 0 saturated heterocycles. The average molecular weight is 287 g/mol. The molecule has 0 spiro atoms. The van der Waals surface area contributed by atoms with Gasteiger partial charge in [-0.2, -0.15) is 0 Å². The van der Waals surface area contributed by atoms with E-state index >= 15 is 0 Å². The van der Waals surface area contributed by atoms with Gasteiger partial charge in [-0.05, 0) is 36.2 Å². The van der Waals surface area contributed by atoms with Crippen LogP contribution in [0.4, 0.5) is 0 Å². The van der Waals surface area contributed by atoms with Crippen LogP contribution in [-0.4, -0.2) is 31.6 Å². The van der Waals surface area contributed by atoms with Crippen LogP contribution in [-0.2, 0) is 4.74 Å². The molecule has 1 aliphatic rings. The Morgan fingerprint density at radius 2 is 2.05 bits per heavy atom. The highest BCUT2D eigenvalue weighted by molar-refractivity contribution is 7.10. The van der Waals surface area contributed by atoms with Crippen molar-refractivity contribution in [2.45, 2.75) is 18.9 Å².